The molecule has 168 valence electrons. The predicted octanol–water partition coefficient (Wildman–Crippen LogP) is 6.39. The Kier molecular flexibility index (Phi) is 7.28. The van der Waals surface area contributed by atoms with E-state index >= 15 is 0 Å². The second-order valence-electron chi connectivity index (χ2n) is 8.57. The van der Waals surface area contributed by atoms with Crippen molar-refractivity contribution in [3.05, 3.63) is 82.2 Å². The van der Waals surface area contributed by atoms with E-state index in [0.29, 0.717) is 5.56 Å². The fraction of sp³-hybridized carbons (Fsp3) is 0.370. The van der Waals surface area contributed by atoms with E-state index in [9.17, 15) is 4.79 Å². The second kappa shape index (κ2) is 10.3. The average Bonchev–Trinajstić information content (AvgIpc) is 3.23. The van der Waals surface area contributed by atoms with Gasteiger partial charge in [0.1, 0.15) is 10.8 Å². The molecule has 1 aliphatic rings. The van der Waals surface area contributed by atoms with Crippen LogP contribution >= 0.6 is 11.3 Å². The highest BCUT2D eigenvalue weighted by atomic mass is 32.1. The number of carbonyl (C=O) groups excluding carboxylic acids is 1. The first-order valence-electron chi connectivity index (χ1n) is 11.5. The maximum Gasteiger partial charge on any atom is 0.256 e. The molecule has 3 aromatic rings. The van der Waals surface area contributed by atoms with E-state index in [-0.39, 0.29) is 11.9 Å². The molecular weight excluding hydrogens is 416 g/mol. The highest BCUT2D eigenvalue weighted by Crippen LogP contribution is 2.41. The Morgan fingerprint density at radius 2 is 1.81 bits per heavy atom. The molecule has 0 aliphatic carbocycles. The molecule has 0 spiro atoms. The third-order valence-electron chi connectivity index (χ3n) is 6.33. The lowest BCUT2D eigenvalue weighted by atomic mass is 9.92. The smallest absolute Gasteiger partial charge is 0.256 e. The summed E-state index contributed by atoms with van der Waals surface area (Å²) in [5.74, 6) is 1.56. The van der Waals surface area contributed by atoms with Gasteiger partial charge < -0.3 is 10.1 Å². The maximum atomic E-state index is 13.0. The van der Waals surface area contributed by atoms with Crippen LogP contribution in [0, 0.1) is 5.92 Å². The lowest BCUT2D eigenvalue weighted by Gasteiger charge is -2.37. The van der Waals surface area contributed by atoms with Crippen molar-refractivity contribution in [1.29, 1.82) is 0 Å². The molecule has 1 N–H and O–H groups in total. The molecule has 4 rings (SSSR count). The number of anilines is 1. The van der Waals surface area contributed by atoms with Gasteiger partial charge in [-0.3, -0.25) is 9.69 Å². The van der Waals surface area contributed by atoms with E-state index < -0.39 is 0 Å². The third-order valence-corrected chi connectivity index (χ3v) is 7.54. The first-order valence-corrected chi connectivity index (χ1v) is 12.3. The number of nitrogens with one attached hydrogen (secondary N) is 1. The van der Waals surface area contributed by atoms with Crippen molar-refractivity contribution in [1.82, 2.24) is 4.90 Å². The van der Waals surface area contributed by atoms with Crippen molar-refractivity contribution >= 4 is 22.2 Å². The van der Waals surface area contributed by atoms with Gasteiger partial charge in [-0.1, -0.05) is 44.2 Å². The summed E-state index contributed by atoms with van der Waals surface area (Å²) in [6.45, 7) is 6.62. The van der Waals surface area contributed by atoms with Gasteiger partial charge in [0.05, 0.1) is 13.2 Å². The fourth-order valence-corrected chi connectivity index (χ4v) is 5.38. The number of rotatable bonds is 7. The number of carbonyl (C=O) groups is 1. The number of nitrogens with zero attached hydrogens (tertiary/aromatic N) is 1. The molecule has 0 unspecified atom stereocenters. The Morgan fingerprint density at radius 1 is 1.12 bits per heavy atom. The van der Waals surface area contributed by atoms with Crippen molar-refractivity contribution in [2.45, 2.75) is 39.2 Å². The monoisotopic (exact) mass is 448 g/mol. The van der Waals surface area contributed by atoms with Crippen molar-refractivity contribution in [3.8, 4) is 5.75 Å². The quantitative estimate of drug-likeness (QED) is 0.455. The predicted molar refractivity (Wildman–Crippen MR) is 133 cm³/mol. The van der Waals surface area contributed by atoms with Crippen molar-refractivity contribution in [3.63, 3.8) is 0 Å². The van der Waals surface area contributed by atoms with E-state index in [1.54, 1.807) is 18.4 Å². The van der Waals surface area contributed by atoms with Crippen molar-refractivity contribution in [2.24, 2.45) is 5.92 Å². The Hall–Kier alpha value is -2.63. The first-order chi connectivity index (χ1) is 15.6. The van der Waals surface area contributed by atoms with Gasteiger partial charge in [-0.05, 0) is 74.2 Å². The van der Waals surface area contributed by atoms with Crippen molar-refractivity contribution in [2.75, 3.05) is 25.5 Å². The molecule has 0 bridgehead atoms. The highest BCUT2D eigenvalue weighted by Gasteiger charge is 2.29. The van der Waals surface area contributed by atoms with Gasteiger partial charge in [0.25, 0.3) is 5.91 Å². The molecule has 2 aromatic carbocycles. The Balaban J connectivity index is 1.72. The lowest BCUT2D eigenvalue weighted by molar-refractivity contribution is 0.102. The van der Waals surface area contributed by atoms with E-state index in [4.69, 9.17) is 4.74 Å². The molecule has 1 saturated heterocycles. The number of aryl methyl sites for hydroxylation is 1. The van der Waals surface area contributed by atoms with E-state index in [1.807, 2.05) is 42.5 Å². The molecule has 1 atom stereocenters. The van der Waals surface area contributed by atoms with Gasteiger partial charge in [-0.2, -0.15) is 0 Å². The Bertz CT molecular complexity index is 1020. The van der Waals surface area contributed by atoms with Crippen LogP contribution in [0.5, 0.6) is 5.75 Å². The summed E-state index contributed by atoms with van der Waals surface area (Å²) >= 11 is 1.69. The summed E-state index contributed by atoms with van der Waals surface area (Å²) in [7, 11) is 1.70. The molecule has 1 aliphatic heterocycles. The second-order valence-corrected chi connectivity index (χ2v) is 9.70. The maximum absolute atomic E-state index is 13.0. The van der Waals surface area contributed by atoms with Crippen LogP contribution in [0.1, 0.15) is 59.1 Å². The summed E-state index contributed by atoms with van der Waals surface area (Å²) in [5.41, 5.74) is 3.10. The zero-order chi connectivity index (χ0) is 22.5. The molecule has 4 nitrogen and oxygen atoms in total. The van der Waals surface area contributed by atoms with E-state index in [0.717, 1.165) is 36.2 Å². The van der Waals surface area contributed by atoms with Crippen LogP contribution in [0.25, 0.3) is 0 Å². The number of amides is 1. The van der Waals surface area contributed by atoms with Crippen LogP contribution in [0.4, 0.5) is 5.00 Å². The molecule has 5 heteroatoms. The number of benzene rings is 2. The van der Waals surface area contributed by atoms with Gasteiger partial charge in [0.2, 0.25) is 0 Å². The molecule has 2 heterocycles. The SMILES string of the molecule is CCc1cc([C@@H](c2ccc(OC)cc2)N2CCC(C)CC2)c(NC(=O)c2ccccc2)s1. The first kappa shape index (κ1) is 22.6. The number of hydrogen-bond acceptors (Lipinski definition) is 4. The van der Waals surface area contributed by atoms with Gasteiger partial charge in [0, 0.05) is 16.0 Å². The molecular formula is C27H32N2O2S. The van der Waals surface area contributed by atoms with Crippen LogP contribution < -0.4 is 10.1 Å². The highest BCUT2D eigenvalue weighted by molar-refractivity contribution is 7.16. The topological polar surface area (TPSA) is 41.6 Å². The summed E-state index contributed by atoms with van der Waals surface area (Å²) in [6, 6.07) is 20.2. The number of hydrogen-bond donors (Lipinski definition) is 1. The summed E-state index contributed by atoms with van der Waals surface area (Å²) in [5, 5.41) is 4.18. The average molecular weight is 449 g/mol. The van der Waals surface area contributed by atoms with Crippen molar-refractivity contribution < 1.29 is 9.53 Å². The number of ether oxygens (including phenoxy) is 1. The molecule has 1 fully saturated rings. The summed E-state index contributed by atoms with van der Waals surface area (Å²) in [6.07, 6.45) is 3.34. The summed E-state index contributed by atoms with van der Waals surface area (Å²) < 4.78 is 5.39. The summed E-state index contributed by atoms with van der Waals surface area (Å²) in [4.78, 5) is 16.8. The zero-order valence-electron chi connectivity index (χ0n) is 19.1. The van der Waals surface area contributed by atoms with E-state index in [2.05, 4.69) is 42.3 Å². The normalized spacial score (nSPS) is 16.0. The molecule has 0 saturated carbocycles. The minimum absolute atomic E-state index is 0.0582. The van der Waals surface area contributed by atoms with Gasteiger partial charge in [0.15, 0.2) is 0 Å². The van der Waals surface area contributed by atoms with E-state index in [1.165, 1.54) is 28.8 Å². The Morgan fingerprint density at radius 3 is 2.44 bits per heavy atom. The van der Waals surface area contributed by atoms with Crippen LogP contribution in [-0.4, -0.2) is 31.0 Å². The molecule has 1 aromatic heterocycles. The van der Waals surface area contributed by atoms with Crippen LogP contribution in [0.15, 0.2) is 60.7 Å². The largest absolute Gasteiger partial charge is 0.497 e. The molecule has 1 amide bonds. The molecule has 32 heavy (non-hydrogen) atoms. The van der Waals surface area contributed by atoms with Gasteiger partial charge >= 0.3 is 0 Å². The minimum atomic E-state index is -0.0582. The number of piperidine rings is 1. The Labute approximate surface area is 195 Å². The van der Waals surface area contributed by atoms with Crippen LogP contribution in [0.2, 0.25) is 0 Å². The van der Waals surface area contributed by atoms with Crippen LogP contribution in [-0.2, 0) is 6.42 Å². The number of thiophene rings is 1. The third kappa shape index (κ3) is 5.05. The number of likely N-dealkylation sites (tertiary alicyclic amines) is 1. The fourth-order valence-electron chi connectivity index (χ4n) is 4.36. The zero-order valence-corrected chi connectivity index (χ0v) is 20.0. The van der Waals surface area contributed by atoms with Gasteiger partial charge in [-0.25, -0.2) is 0 Å². The number of methoxy groups -OCH3 is 1. The molecule has 0 radical (unpaired) electrons. The lowest BCUT2D eigenvalue weighted by Crippen LogP contribution is -2.37. The van der Waals surface area contributed by atoms with Crippen LogP contribution in [0.3, 0.4) is 0 Å². The van der Waals surface area contributed by atoms with Gasteiger partial charge in [-0.15, -0.1) is 11.3 Å². The standard InChI is InChI=1S/C27H32N2O2S/c1-4-23-18-24(27(32-23)28-26(30)21-8-6-5-7-9-21)25(29-16-14-19(2)15-17-29)20-10-12-22(31-3)13-11-20/h5-13,18-19,25H,4,14-17H2,1-3H3,(H,28,30)/t25-/m1/s1. The minimum Gasteiger partial charge on any atom is -0.497 e.